The van der Waals surface area contributed by atoms with Crippen molar-refractivity contribution < 1.29 is 23.0 Å². The molecular formula is C25H36F2N10O3. The van der Waals surface area contributed by atoms with Gasteiger partial charge < -0.3 is 29.9 Å². The van der Waals surface area contributed by atoms with Gasteiger partial charge in [-0.05, 0) is 20.8 Å². The minimum absolute atomic E-state index is 0.0283. The van der Waals surface area contributed by atoms with Crippen LogP contribution in [0.5, 0.6) is 0 Å². The van der Waals surface area contributed by atoms with Crippen molar-refractivity contribution >= 4 is 23.9 Å². The molecule has 40 heavy (non-hydrogen) atoms. The van der Waals surface area contributed by atoms with Gasteiger partial charge in [-0.15, -0.1) is 0 Å². The molecule has 3 fully saturated rings. The lowest BCUT2D eigenvalue weighted by molar-refractivity contribution is -0.00659. The van der Waals surface area contributed by atoms with Crippen molar-refractivity contribution in [3.05, 3.63) is 11.9 Å². The summed E-state index contributed by atoms with van der Waals surface area (Å²) < 4.78 is 38.6. The lowest BCUT2D eigenvalue weighted by Gasteiger charge is -2.43. The van der Waals surface area contributed by atoms with Gasteiger partial charge in [0, 0.05) is 71.0 Å². The number of anilines is 3. The molecule has 1 amide bonds. The van der Waals surface area contributed by atoms with E-state index in [0.29, 0.717) is 70.3 Å². The highest BCUT2D eigenvalue weighted by atomic mass is 19.3. The molecule has 3 aliphatic rings. The number of nitrogens with zero attached hydrogens (tertiary/aromatic N) is 9. The van der Waals surface area contributed by atoms with Gasteiger partial charge in [0.1, 0.15) is 11.3 Å². The number of hydrogen-bond acceptors (Lipinski definition) is 12. The van der Waals surface area contributed by atoms with E-state index in [1.807, 2.05) is 30.6 Å². The molecule has 5 heterocycles. The number of nitrogen functional groups attached to an aromatic ring is 1. The Morgan fingerprint density at radius 1 is 1.02 bits per heavy atom. The van der Waals surface area contributed by atoms with Gasteiger partial charge in [0.2, 0.25) is 17.8 Å². The Hall–Kier alpha value is -3.46. The highest BCUT2D eigenvalue weighted by Crippen LogP contribution is 2.30. The summed E-state index contributed by atoms with van der Waals surface area (Å²) in [7, 11) is 0. The number of piperazine rings is 1. The smallest absolute Gasteiger partial charge is 0.410 e. The number of amides is 1. The first-order valence-corrected chi connectivity index (χ1v) is 13.5. The van der Waals surface area contributed by atoms with E-state index in [4.69, 9.17) is 20.2 Å². The molecule has 2 aromatic rings. The lowest BCUT2D eigenvalue weighted by Crippen LogP contribution is -2.57. The minimum Gasteiger partial charge on any atom is -0.444 e. The van der Waals surface area contributed by atoms with E-state index in [1.165, 1.54) is 6.20 Å². The molecule has 218 valence electrons. The number of nitrogens with two attached hydrogens (primary N) is 1. The summed E-state index contributed by atoms with van der Waals surface area (Å²) in [4.78, 5) is 41.8. The largest absolute Gasteiger partial charge is 0.444 e. The predicted molar refractivity (Wildman–Crippen MR) is 143 cm³/mol. The van der Waals surface area contributed by atoms with Crippen molar-refractivity contribution in [3.63, 3.8) is 0 Å². The van der Waals surface area contributed by atoms with Crippen LogP contribution in [0.4, 0.5) is 31.4 Å². The zero-order valence-electron chi connectivity index (χ0n) is 23.1. The number of alkyl halides is 2. The molecule has 0 radical (unpaired) electrons. The third-order valence-corrected chi connectivity index (χ3v) is 6.97. The first kappa shape index (κ1) is 28.1. The topological polar surface area (TPSA) is 139 Å². The zero-order valence-corrected chi connectivity index (χ0v) is 23.1. The van der Waals surface area contributed by atoms with Crippen LogP contribution in [0.3, 0.4) is 0 Å². The number of aromatic nitrogens is 5. The third kappa shape index (κ3) is 6.63. The summed E-state index contributed by atoms with van der Waals surface area (Å²) in [5.41, 5.74) is 4.59. The Labute approximate surface area is 231 Å². The number of halogens is 2. The number of carbonyl (C=O) groups is 1. The molecule has 0 spiro atoms. The summed E-state index contributed by atoms with van der Waals surface area (Å²) in [6, 6.07) is 0. The molecule has 3 saturated heterocycles. The Kier molecular flexibility index (Phi) is 8.12. The van der Waals surface area contributed by atoms with Gasteiger partial charge in [-0.2, -0.15) is 15.0 Å². The molecule has 0 unspecified atom stereocenters. The van der Waals surface area contributed by atoms with Gasteiger partial charge in [0.15, 0.2) is 5.82 Å². The Morgan fingerprint density at radius 3 is 2.25 bits per heavy atom. The third-order valence-electron chi connectivity index (χ3n) is 6.97. The molecule has 2 aromatic heterocycles. The average molecular weight is 563 g/mol. The van der Waals surface area contributed by atoms with Crippen LogP contribution >= 0.6 is 0 Å². The number of rotatable bonds is 6. The van der Waals surface area contributed by atoms with E-state index in [-0.39, 0.29) is 23.4 Å². The second-order valence-corrected chi connectivity index (χ2v) is 11.2. The molecule has 0 bridgehead atoms. The quantitative estimate of drug-likeness (QED) is 0.548. The van der Waals surface area contributed by atoms with Crippen LogP contribution < -0.4 is 15.5 Å². The maximum Gasteiger partial charge on any atom is 0.410 e. The molecule has 5 rings (SSSR count). The van der Waals surface area contributed by atoms with E-state index in [0.717, 1.165) is 19.6 Å². The fraction of sp³-hybridized carbons (Fsp3) is 0.680. The van der Waals surface area contributed by atoms with Crippen LogP contribution in [0.2, 0.25) is 0 Å². The second-order valence-electron chi connectivity index (χ2n) is 11.2. The van der Waals surface area contributed by atoms with Crippen molar-refractivity contribution in [2.75, 3.05) is 87.7 Å². The molecule has 15 heteroatoms. The Balaban J connectivity index is 1.27. The van der Waals surface area contributed by atoms with Gasteiger partial charge in [-0.3, -0.25) is 4.90 Å². The summed E-state index contributed by atoms with van der Waals surface area (Å²) in [5.74, 6) is 1.07. The SMILES string of the molecule is CC(C)(C)OC(=O)N1CC(CN2CCN(c3nc(-c4cnc(N)nc4C(F)F)nc(N4CCOCC4)n3)CC2)C1. The van der Waals surface area contributed by atoms with Crippen molar-refractivity contribution in [2.45, 2.75) is 32.8 Å². The Bertz CT molecular complexity index is 1190. The highest BCUT2D eigenvalue weighted by molar-refractivity contribution is 5.69. The maximum absolute atomic E-state index is 13.8. The summed E-state index contributed by atoms with van der Waals surface area (Å²) in [6.45, 7) is 12.9. The number of carbonyl (C=O) groups excluding carboxylic acids is 1. The summed E-state index contributed by atoms with van der Waals surface area (Å²) in [6.07, 6.45) is -1.89. The molecule has 3 aliphatic heterocycles. The molecular weight excluding hydrogens is 526 g/mol. The highest BCUT2D eigenvalue weighted by Gasteiger charge is 2.35. The van der Waals surface area contributed by atoms with Gasteiger partial charge in [-0.25, -0.2) is 23.5 Å². The molecule has 0 aromatic carbocycles. The first-order valence-electron chi connectivity index (χ1n) is 13.5. The van der Waals surface area contributed by atoms with Crippen molar-refractivity contribution in [2.24, 2.45) is 5.92 Å². The number of morpholine rings is 1. The van der Waals surface area contributed by atoms with E-state index in [2.05, 4.69) is 24.8 Å². The fourth-order valence-corrected chi connectivity index (χ4v) is 4.92. The monoisotopic (exact) mass is 562 g/mol. The number of likely N-dealkylation sites (tertiary alicyclic amines) is 1. The first-order chi connectivity index (χ1) is 19.1. The second kappa shape index (κ2) is 11.6. The molecule has 0 saturated carbocycles. The van der Waals surface area contributed by atoms with Crippen LogP contribution in [0.25, 0.3) is 11.4 Å². The molecule has 2 N–H and O–H groups in total. The van der Waals surface area contributed by atoms with E-state index in [9.17, 15) is 13.6 Å². The Morgan fingerprint density at radius 2 is 1.65 bits per heavy atom. The van der Waals surface area contributed by atoms with Crippen molar-refractivity contribution in [1.82, 2.24) is 34.7 Å². The van der Waals surface area contributed by atoms with Gasteiger partial charge in [0.05, 0.1) is 18.8 Å². The predicted octanol–water partition coefficient (Wildman–Crippen LogP) is 1.67. The molecule has 13 nitrogen and oxygen atoms in total. The van der Waals surface area contributed by atoms with Crippen molar-refractivity contribution in [1.29, 1.82) is 0 Å². The lowest BCUT2D eigenvalue weighted by atomic mass is 10.00. The summed E-state index contributed by atoms with van der Waals surface area (Å²) >= 11 is 0. The molecule has 0 atom stereocenters. The van der Waals surface area contributed by atoms with Gasteiger partial charge >= 0.3 is 6.09 Å². The van der Waals surface area contributed by atoms with Crippen LogP contribution in [-0.2, 0) is 9.47 Å². The normalized spacial score (nSPS) is 19.2. The van der Waals surface area contributed by atoms with Crippen LogP contribution in [0.15, 0.2) is 6.20 Å². The van der Waals surface area contributed by atoms with Crippen LogP contribution in [0, 0.1) is 5.92 Å². The molecule has 0 aliphatic carbocycles. The van der Waals surface area contributed by atoms with Gasteiger partial charge in [-0.1, -0.05) is 0 Å². The van der Waals surface area contributed by atoms with E-state index in [1.54, 1.807) is 4.90 Å². The standard InChI is InChI=1S/C25H36F2N10O3/c1-25(2,3)40-24(38)37-14-16(15-37)13-34-4-6-35(7-5-34)22-31-20(17-12-29-21(28)30-18(17)19(26)27)32-23(33-22)36-8-10-39-11-9-36/h12,16,19H,4-11,13-15H2,1-3H3,(H2,28,29,30). The van der Waals surface area contributed by atoms with Crippen molar-refractivity contribution in [3.8, 4) is 11.4 Å². The zero-order chi connectivity index (χ0) is 28.4. The fourth-order valence-electron chi connectivity index (χ4n) is 4.92. The number of hydrogen-bond donors (Lipinski definition) is 1. The van der Waals surface area contributed by atoms with Gasteiger partial charge in [0.25, 0.3) is 6.43 Å². The van der Waals surface area contributed by atoms with E-state index >= 15 is 0 Å². The minimum atomic E-state index is -2.87. The van der Waals surface area contributed by atoms with Crippen LogP contribution in [-0.4, -0.2) is 119 Å². The van der Waals surface area contributed by atoms with Crippen LogP contribution in [0.1, 0.15) is 32.9 Å². The van der Waals surface area contributed by atoms with E-state index < -0.39 is 17.7 Å². The number of ether oxygens (including phenoxy) is 2. The maximum atomic E-state index is 13.8. The average Bonchev–Trinajstić information content (AvgIpc) is 2.90. The summed E-state index contributed by atoms with van der Waals surface area (Å²) in [5, 5.41) is 0.